The number of hydrogen-bond donors (Lipinski definition) is 0. The van der Waals surface area contributed by atoms with Crippen molar-refractivity contribution in [2.45, 2.75) is 39.0 Å². The highest BCUT2D eigenvalue weighted by atomic mass is 16.5. The molecule has 4 heteroatoms. The highest BCUT2D eigenvalue weighted by Gasteiger charge is 2.10. The monoisotopic (exact) mass is 252 g/mol. The van der Waals surface area contributed by atoms with Crippen LogP contribution in [0.2, 0.25) is 0 Å². The first kappa shape index (κ1) is 14.6. The van der Waals surface area contributed by atoms with E-state index in [0.717, 1.165) is 12.2 Å². The van der Waals surface area contributed by atoms with Crippen LogP contribution in [-0.4, -0.2) is 25.3 Å². The molecule has 0 aromatic carbocycles. The fourth-order valence-corrected chi connectivity index (χ4v) is 1.61. The lowest BCUT2D eigenvalue weighted by Gasteiger charge is -2.00. The zero-order chi connectivity index (χ0) is 13.4. The summed E-state index contributed by atoms with van der Waals surface area (Å²) in [5.41, 5.74) is 0. The zero-order valence-electron chi connectivity index (χ0n) is 11.0. The molecule has 0 spiro atoms. The summed E-state index contributed by atoms with van der Waals surface area (Å²) in [5.74, 6) is 1.67. The van der Waals surface area contributed by atoms with Crippen molar-refractivity contribution in [3.8, 4) is 0 Å². The highest BCUT2D eigenvalue weighted by molar-refractivity contribution is 5.86. The van der Waals surface area contributed by atoms with E-state index in [1.165, 1.54) is 0 Å². The predicted molar refractivity (Wildman–Crippen MR) is 67.5 cm³/mol. The van der Waals surface area contributed by atoms with Gasteiger partial charge in [-0.3, -0.25) is 9.59 Å². The minimum atomic E-state index is 0.0396. The van der Waals surface area contributed by atoms with Crippen LogP contribution in [0.5, 0.6) is 0 Å². The number of aryl methyl sites for hydroxylation is 1. The Morgan fingerprint density at radius 1 is 1.11 bits per heavy atom. The van der Waals surface area contributed by atoms with Gasteiger partial charge >= 0.3 is 0 Å². The van der Waals surface area contributed by atoms with E-state index >= 15 is 0 Å². The smallest absolute Gasteiger partial charge is 0.140 e. The molecule has 0 aliphatic rings. The molecular formula is C14H20O4. The van der Waals surface area contributed by atoms with Gasteiger partial charge in [0.1, 0.15) is 23.1 Å². The van der Waals surface area contributed by atoms with E-state index in [-0.39, 0.29) is 24.4 Å². The topological polar surface area (TPSA) is 56.5 Å². The molecule has 1 rings (SSSR count). The van der Waals surface area contributed by atoms with E-state index in [4.69, 9.17) is 9.15 Å². The maximum Gasteiger partial charge on any atom is 0.140 e. The average molecular weight is 252 g/mol. The summed E-state index contributed by atoms with van der Waals surface area (Å²) in [4.78, 5) is 23.0. The van der Waals surface area contributed by atoms with E-state index in [2.05, 4.69) is 0 Å². The van der Waals surface area contributed by atoms with Crippen molar-refractivity contribution < 1.29 is 18.7 Å². The van der Waals surface area contributed by atoms with Crippen LogP contribution in [0.25, 0.3) is 0 Å². The van der Waals surface area contributed by atoms with Crippen LogP contribution < -0.4 is 0 Å². The summed E-state index contributed by atoms with van der Waals surface area (Å²) in [6.45, 7) is 2.42. The summed E-state index contributed by atoms with van der Waals surface area (Å²) in [5, 5.41) is 0. The third kappa shape index (κ3) is 5.27. The van der Waals surface area contributed by atoms with Gasteiger partial charge in [-0.15, -0.1) is 0 Å². The maximum absolute atomic E-state index is 11.6. The van der Waals surface area contributed by atoms with Crippen molar-refractivity contribution in [1.29, 1.82) is 0 Å². The van der Waals surface area contributed by atoms with Crippen molar-refractivity contribution in [1.82, 2.24) is 0 Å². The summed E-state index contributed by atoms with van der Waals surface area (Å²) in [6, 6.07) is 3.70. The molecule has 0 unspecified atom stereocenters. The van der Waals surface area contributed by atoms with Gasteiger partial charge in [-0.1, -0.05) is 6.92 Å². The molecule has 0 radical (unpaired) electrons. The van der Waals surface area contributed by atoms with Crippen molar-refractivity contribution in [2.75, 3.05) is 13.7 Å². The molecule has 0 aliphatic carbocycles. The van der Waals surface area contributed by atoms with Gasteiger partial charge in [0.15, 0.2) is 0 Å². The number of ketones is 2. The summed E-state index contributed by atoms with van der Waals surface area (Å²) in [7, 11) is 1.56. The zero-order valence-corrected chi connectivity index (χ0v) is 11.0. The second kappa shape index (κ2) is 7.82. The molecule has 0 N–H and O–H groups in total. The number of hydrogen-bond acceptors (Lipinski definition) is 4. The van der Waals surface area contributed by atoms with Crippen molar-refractivity contribution in [3.63, 3.8) is 0 Å². The van der Waals surface area contributed by atoms with Crippen LogP contribution in [-0.2, 0) is 27.2 Å². The molecule has 4 nitrogen and oxygen atoms in total. The normalized spacial score (nSPS) is 10.6. The fourth-order valence-electron chi connectivity index (χ4n) is 1.61. The van der Waals surface area contributed by atoms with Gasteiger partial charge in [-0.2, -0.15) is 0 Å². The van der Waals surface area contributed by atoms with E-state index in [1.54, 1.807) is 7.11 Å². The summed E-state index contributed by atoms with van der Waals surface area (Å²) >= 11 is 0. The molecule has 0 bridgehead atoms. The molecule has 100 valence electrons. The van der Waals surface area contributed by atoms with Gasteiger partial charge in [0, 0.05) is 32.8 Å². The Kier molecular flexibility index (Phi) is 6.36. The van der Waals surface area contributed by atoms with Crippen LogP contribution in [0.4, 0.5) is 0 Å². The number of Topliss-reactive ketones (excluding diaryl/α,β-unsaturated/α-hetero) is 2. The number of ether oxygens (including phenoxy) is 1. The molecule has 0 atom stereocenters. The van der Waals surface area contributed by atoms with Crippen molar-refractivity contribution >= 4 is 11.6 Å². The largest absolute Gasteiger partial charge is 0.466 e. The lowest BCUT2D eigenvalue weighted by atomic mass is 10.1. The minimum absolute atomic E-state index is 0.0396. The lowest BCUT2D eigenvalue weighted by molar-refractivity contribution is -0.124. The highest BCUT2D eigenvalue weighted by Crippen LogP contribution is 2.10. The predicted octanol–water partition coefficient (Wildman–Crippen LogP) is 2.34. The standard InChI is InChI=1S/C14H20O4/c1-3-13-6-7-14(18-13)10-12(16)5-4-11(15)8-9-17-2/h6-7H,3-5,8-10H2,1-2H3. The first-order valence-corrected chi connectivity index (χ1v) is 6.25. The maximum atomic E-state index is 11.6. The number of methoxy groups -OCH3 is 1. The van der Waals surface area contributed by atoms with Crippen LogP contribution >= 0.6 is 0 Å². The Hall–Kier alpha value is -1.42. The van der Waals surface area contributed by atoms with Crippen LogP contribution in [0.15, 0.2) is 16.5 Å². The van der Waals surface area contributed by atoms with Gasteiger partial charge in [0.2, 0.25) is 0 Å². The summed E-state index contributed by atoms with van der Waals surface area (Å²) in [6.07, 6.45) is 2.06. The molecule has 0 saturated carbocycles. The molecule has 1 heterocycles. The number of carbonyl (C=O) groups is 2. The first-order valence-electron chi connectivity index (χ1n) is 6.25. The van der Waals surface area contributed by atoms with Crippen LogP contribution in [0.3, 0.4) is 0 Å². The molecule has 0 amide bonds. The van der Waals surface area contributed by atoms with Gasteiger partial charge in [-0.05, 0) is 12.1 Å². The van der Waals surface area contributed by atoms with E-state index < -0.39 is 0 Å². The van der Waals surface area contributed by atoms with Gasteiger partial charge in [0.05, 0.1) is 13.0 Å². The number of furan rings is 1. The molecule has 0 saturated heterocycles. The van der Waals surface area contributed by atoms with Gasteiger partial charge in [-0.25, -0.2) is 0 Å². The fraction of sp³-hybridized carbons (Fsp3) is 0.571. The summed E-state index contributed by atoms with van der Waals surface area (Å²) < 4.78 is 10.3. The van der Waals surface area contributed by atoms with Gasteiger partial charge < -0.3 is 9.15 Å². The third-order valence-corrected chi connectivity index (χ3v) is 2.70. The average Bonchev–Trinajstić information content (AvgIpc) is 2.81. The molecule has 1 aromatic heterocycles. The molecular weight excluding hydrogens is 232 g/mol. The third-order valence-electron chi connectivity index (χ3n) is 2.70. The molecule has 0 aliphatic heterocycles. The molecule has 0 fully saturated rings. The number of carbonyl (C=O) groups excluding carboxylic acids is 2. The Morgan fingerprint density at radius 3 is 2.39 bits per heavy atom. The minimum Gasteiger partial charge on any atom is -0.466 e. The SMILES string of the molecule is CCc1ccc(CC(=O)CCC(=O)CCOC)o1. The van der Waals surface area contributed by atoms with Crippen LogP contribution in [0.1, 0.15) is 37.7 Å². The van der Waals surface area contributed by atoms with E-state index in [1.807, 2.05) is 19.1 Å². The second-order valence-corrected chi connectivity index (χ2v) is 4.22. The Bertz CT molecular complexity index is 392. The lowest BCUT2D eigenvalue weighted by Crippen LogP contribution is -2.08. The Labute approximate surface area is 107 Å². The van der Waals surface area contributed by atoms with Crippen LogP contribution in [0, 0.1) is 0 Å². The van der Waals surface area contributed by atoms with Crippen molar-refractivity contribution in [3.05, 3.63) is 23.7 Å². The van der Waals surface area contributed by atoms with Gasteiger partial charge in [0.25, 0.3) is 0 Å². The van der Waals surface area contributed by atoms with E-state index in [0.29, 0.717) is 25.2 Å². The van der Waals surface area contributed by atoms with E-state index in [9.17, 15) is 9.59 Å². The molecule has 1 aromatic rings. The Balaban J connectivity index is 2.27. The second-order valence-electron chi connectivity index (χ2n) is 4.22. The number of rotatable bonds is 9. The molecule has 18 heavy (non-hydrogen) atoms. The van der Waals surface area contributed by atoms with Crippen molar-refractivity contribution in [2.24, 2.45) is 0 Å². The Morgan fingerprint density at radius 2 is 1.78 bits per heavy atom. The first-order chi connectivity index (χ1) is 8.65. The quantitative estimate of drug-likeness (QED) is 0.677.